The number of aryl methyl sites for hydroxylation is 1. The van der Waals surface area contributed by atoms with Crippen molar-refractivity contribution in [2.24, 2.45) is 0 Å². The van der Waals surface area contributed by atoms with Crippen LogP contribution in [0.1, 0.15) is 51.5 Å². The molecule has 1 heterocycles. The summed E-state index contributed by atoms with van der Waals surface area (Å²) in [5.74, 6) is -3.52. The Kier molecular flexibility index (Phi) is 8.03. The summed E-state index contributed by atoms with van der Waals surface area (Å²) in [6.45, 7) is 2.78. The number of carboxylic acid groups (broad SMARTS) is 1. The molecule has 1 saturated heterocycles. The first-order valence-electron chi connectivity index (χ1n) is 11.4. The highest BCUT2D eigenvalue weighted by molar-refractivity contribution is 7.93. The Morgan fingerprint density at radius 2 is 2.03 bits per heavy atom. The second-order valence-corrected chi connectivity index (χ2v) is 10.6. The molecule has 9 nitrogen and oxygen atoms in total. The number of aliphatic hydroxyl groups excluding tert-OH is 2. The molecule has 0 saturated carbocycles. The van der Waals surface area contributed by atoms with Crippen LogP contribution in [0.4, 0.5) is 10.1 Å². The van der Waals surface area contributed by atoms with Gasteiger partial charge in [-0.2, -0.15) is 0 Å². The Hall–Kier alpha value is -2.05. The predicted molar refractivity (Wildman–Crippen MR) is 122 cm³/mol. The van der Waals surface area contributed by atoms with Gasteiger partial charge >= 0.3 is 5.97 Å². The maximum Gasteiger partial charge on any atom is 0.332 e. The molecule has 2 aliphatic rings. The zero-order valence-electron chi connectivity index (χ0n) is 19.3. The van der Waals surface area contributed by atoms with Gasteiger partial charge in [-0.05, 0) is 55.5 Å². The minimum Gasteiger partial charge on any atom is -0.478 e. The molecule has 190 valence electrons. The van der Waals surface area contributed by atoms with Gasteiger partial charge in [-0.15, -0.1) is 0 Å². The number of rotatable bonds is 10. The van der Waals surface area contributed by atoms with Gasteiger partial charge in [0.1, 0.15) is 22.8 Å². The summed E-state index contributed by atoms with van der Waals surface area (Å²) in [6.07, 6.45) is 2.41. The molecule has 3 rings (SSSR count). The summed E-state index contributed by atoms with van der Waals surface area (Å²) in [7, 11) is -4.23. The number of hydrogen-bond donors (Lipinski definition) is 4. The van der Waals surface area contributed by atoms with E-state index in [0.717, 1.165) is 25.0 Å². The van der Waals surface area contributed by atoms with Crippen LogP contribution in [-0.4, -0.2) is 65.7 Å². The van der Waals surface area contributed by atoms with Crippen molar-refractivity contribution in [1.29, 1.82) is 0 Å². The third-order valence-electron chi connectivity index (χ3n) is 6.55. The molecule has 1 spiro atoms. The third-order valence-corrected chi connectivity index (χ3v) is 8.30. The summed E-state index contributed by atoms with van der Waals surface area (Å²) < 4.78 is 54.6. The molecule has 11 heteroatoms. The molecule has 1 fully saturated rings. The van der Waals surface area contributed by atoms with Crippen LogP contribution in [-0.2, 0) is 30.7 Å². The van der Waals surface area contributed by atoms with Gasteiger partial charge in [-0.1, -0.05) is 20.3 Å². The van der Waals surface area contributed by atoms with Gasteiger partial charge in [0.15, 0.2) is 5.79 Å². The van der Waals surface area contributed by atoms with E-state index in [1.54, 1.807) is 6.92 Å². The molecule has 0 bridgehead atoms. The predicted octanol–water partition coefficient (Wildman–Crippen LogP) is 2.33. The minimum atomic E-state index is -4.23. The largest absolute Gasteiger partial charge is 0.478 e. The van der Waals surface area contributed by atoms with Gasteiger partial charge in [0.2, 0.25) is 10.0 Å². The average Bonchev–Trinajstić information content (AvgIpc) is 3.12. The summed E-state index contributed by atoms with van der Waals surface area (Å²) in [5.41, 5.74) is -0.972. The van der Waals surface area contributed by atoms with Crippen LogP contribution >= 0.6 is 0 Å². The molecule has 1 aliphatic heterocycles. The van der Waals surface area contributed by atoms with E-state index in [1.807, 2.05) is 6.92 Å². The molecule has 34 heavy (non-hydrogen) atoms. The van der Waals surface area contributed by atoms with Gasteiger partial charge in [0.05, 0.1) is 24.5 Å². The van der Waals surface area contributed by atoms with Crippen LogP contribution in [0.2, 0.25) is 0 Å². The normalized spacial score (nSPS) is 29.3. The van der Waals surface area contributed by atoms with Crippen molar-refractivity contribution in [3.05, 3.63) is 41.2 Å². The highest BCUT2D eigenvalue weighted by atomic mass is 32.2. The Labute approximate surface area is 198 Å². The van der Waals surface area contributed by atoms with Crippen LogP contribution in [0.15, 0.2) is 29.8 Å². The number of aliphatic hydroxyl groups is 2. The topological polar surface area (TPSA) is 142 Å². The fourth-order valence-corrected chi connectivity index (χ4v) is 6.16. The third kappa shape index (κ3) is 5.13. The molecule has 0 aromatic heterocycles. The van der Waals surface area contributed by atoms with Gasteiger partial charge in [-0.3, -0.25) is 4.72 Å². The van der Waals surface area contributed by atoms with Crippen LogP contribution in [0, 0.1) is 5.82 Å². The number of aliphatic carboxylic acids is 1. The first kappa shape index (κ1) is 26.6. The van der Waals surface area contributed by atoms with Crippen LogP contribution < -0.4 is 4.72 Å². The Bertz CT molecular complexity index is 1040. The smallest absolute Gasteiger partial charge is 0.332 e. The second-order valence-electron chi connectivity index (χ2n) is 8.76. The lowest BCUT2D eigenvalue weighted by atomic mass is 9.93. The first-order valence-corrected chi connectivity index (χ1v) is 13.0. The van der Waals surface area contributed by atoms with E-state index in [1.165, 1.54) is 12.1 Å². The summed E-state index contributed by atoms with van der Waals surface area (Å²) in [4.78, 5) is 12.1. The first-order chi connectivity index (χ1) is 16.0. The van der Waals surface area contributed by atoms with E-state index in [4.69, 9.17) is 9.47 Å². The number of carbonyl (C=O) groups is 1. The lowest BCUT2D eigenvalue weighted by Gasteiger charge is -2.34. The van der Waals surface area contributed by atoms with E-state index >= 15 is 0 Å². The second kappa shape index (κ2) is 10.3. The Balaban J connectivity index is 1.94. The molecule has 1 aliphatic carbocycles. The standard InChI is InChI=1S/C23H32FNO8S/c1-3-5-6-15-11-16(24)7-8-18(15)25-34(30,31)19-9-10-23(12-17(19)21(28)29)32-20(13-26)22(4-2,14-27)33-23/h7-8,11-12,19-20,25-27H,3-6,9-10,13-14H2,1-2H3,(H,28,29)/t19?,20-,22-,23?/m1/s1. The van der Waals surface area contributed by atoms with Gasteiger partial charge in [0.25, 0.3) is 0 Å². The molecule has 0 amide bonds. The fraction of sp³-hybridized carbons (Fsp3) is 0.609. The van der Waals surface area contributed by atoms with Gasteiger partial charge < -0.3 is 24.8 Å². The van der Waals surface area contributed by atoms with E-state index in [2.05, 4.69) is 4.72 Å². The molecule has 4 N–H and O–H groups in total. The number of ether oxygens (including phenoxy) is 2. The van der Waals surface area contributed by atoms with Crippen molar-refractivity contribution >= 4 is 21.7 Å². The summed E-state index contributed by atoms with van der Waals surface area (Å²) in [5, 5.41) is 28.0. The zero-order valence-corrected chi connectivity index (χ0v) is 20.1. The Morgan fingerprint density at radius 3 is 2.59 bits per heavy atom. The number of benzene rings is 1. The molecule has 0 radical (unpaired) electrons. The van der Waals surface area contributed by atoms with Crippen molar-refractivity contribution in [1.82, 2.24) is 0 Å². The molecule has 1 aromatic rings. The number of nitrogens with one attached hydrogen (secondary N) is 1. The van der Waals surface area contributed by atoms with E-state index < -0.39 is 63.3 Å². The quantitative estimate of drug-likeness (QED) is 0.383. The fourth-order valence-electron chi connectivity index (χ4n) is 4.58. The van der Waals surface area contributed by atoms with E-state index in [0.29, 0.717) is 18.4 Å². The van der Waals surface area contributed by atoms with Crippen molar-refractivity contribution in [2.75, 3.05) is 17.9 Å². The van der Waals surface area contributed by atoms with E-state index in [9.17, 15) is 32.9 Å². The zero-order chi connectivity index (χ0) is 25.1. The minimum absolute atomic E-state index is 0.000281. The SMILES string of the molecule is CCCCc1cc(F)ccc1NS(=O)(=O)C1CCC2(C=C1C(=O)O)O[C@H](CO)[C@@](CC)(CO)O2. The lowest BCUT2D eigenvalue weighted by Crippen LogP contribution is -2.46. The van der Waals surface area contributed by atoms with Crippen LogP contribution in [0.5, 0.6) is 0 Å². The van der Waals surface area contributed by atoms with Gasteiger partial charge in [0, 0.05) is 6.42 Å². The molecular weight excluding hydrogens is 469 g/mol. The number of hydrogen-bond acceptors (Lipinski definition) is 7. The number of halogens is 1. The highest BCUT2D eigenvalue weighted by Crippen LogP contribution is 2.46. The van der Waals surface area contributed by atoms with Crippen LogP contribution in [0.25, 0.3) is 0 Å². The number of carboxylic acids is 1. The number of sulfonamides is 1. The maximum atomic E-state index is 13.8. The molecule has 1 aromatic carbocycles. The van der Waals surface area contributed by atoms with E-state index in [-0.39, 0.29) is 18.5 Å². The summed E-state index contributed by atoms with van der Waals surface area (Å²) in [6, 6.07) is 3.75. The Morgan fingerprint density at radius 1 is 1.29 bits per heavy atom. The highest BCUT2D eigenvalue weighted by Gasteiger charge is 2.57. The summed E-state index contributed by atoms with van der Waals surface area (Å²) >= 11 is 0. The van der Waals surface area contributed by atoms with Crippen molar-refractivity contribution < 1.29 is 42.4 Å². The van der Waals surface area contributed by atoms with Crippen molar-refractivity contribution in [2.45, 2.75) is 75.1 Å². The lowest BCUT2D eigenvalue weighted by molar-refractivity contribution is -0.171. The number of unbranched alkanes of at least 4 members (excludes halogenated alkanes) is 1. The van der Waals surface area contributed by atoms with Crippen molar-refractivity contribution in [3.8, 4) is 0 Å². The monoisotopic (exact) mass is 501 g/mol. The van der Waals surface area contributed by atoms with Gasteiger partial charge in [-0.25, -0.2) is 17.6 Å². The van der Waals surface area contributed by atoms with Crippen LogP contribution in [0.3, 0.4) is 0 Å². The molecule has 2 unspecified atom stereocenters. The maximum absolute atomic E-state index is 13.8. The average molecular weight is 502 g/mol. The van der Waals surface area contributed by atoms with Crippen molar-refractivity contribution in [3.63, 3.8) is 0 Å². The molecular formula is C23H32FNO8S. The molecule has 4 atom stereocenters. The number of anilines is 1.